The third-order valence-corrected chi connectivity index (χ3v) is 3.76. The summed E-state index contributed by atoms with van der Waals surface area (Å²) in [6, 6.07) is 19.3. The van der Waals surface area contributed by atoms with Gasteiger partial charge in [0.1, 0.15) is 5.76 Å². The first-order valence-electron chi connectivity index (χ1n) is 7.46. The largest absolute Gasteiger partial charge is 0.504 e. The van der Waals surface area contributed by atoms with E-state index in [2.05, 4.69) is 5.32 Å². The first-order chi connectivity index (χ1) is 11.3. The molecule has 118 valence electrons. The van der Waals surface area contributed by atoms with Crippen molar-refractivity contribution in [2.45, 2.75) is 12.6 Å². The lowest BCUT2D eigenvalue weighted by atomic mass is 10.0. The van der Waals surface area contributed by atoms with Gasteiger partial charge in [-0.2, -0.15) is 0 Å². The number of hydrogen-bond donors (Lipinski definition) is 2. The molecule has 0 saturated carbocycles. The van der Waals surface area contributed by atoms with Gasteiger partial charge in [-0.05, 0) is 23.8 Å². The van der Waals surface area contributed by atoms with Crippen LogP contribution in [0.2, 0.25) is 0 Å². The molecule has 0 radical (unpaired) electrons. The van der Waals surface area contributed by atoms with Crippen LogP contribution < -0.4 is 10.1 Å². The van der Waals surface area contributed by atoms with Crippen molar-refractivity contribution in [3.63, 3.8) is 0 Å². The van der Waals surface area contributed by atoms with E-state index in [0.29, 0.717) is 12.3 Å². The van der Waals surface area contributed by atoms with E-state index in [1.807, 2.05) is 54.6 Å². The van der Waals surface area contributed by atoms with E-state index in [1.165, 1.54) is 0 Å². The first-order valence-corrected chi connectivity index (χ1v) is 7.46. The van der Waals surface area contributed by atoms with Gasteiger partial charge in [0.25, 0.3) is 0 Å². The lowest BCUT2D eigenvalue weighted by Gasteiger charge is -2.18. The van der Waals surface area contributed by atoms with Gasteiger partial charge >= 0.3 is 0 Å². The van der Waals surface area contributed by atoms with E-state index >= 15 is 0 Å². The molecule has 0 saturated heterocycles. The average Bonchev–Trinajstić information content (AvgIpc) is 3.12. The number of ether oxygens (including phenoxy) is 1. The van der Waals surface area contributed by atoms with Gasteiger partial charge in [-0.15, -0.1) is 0 Å². The predicted octanol–water partition coefficient (Wildman–Crippen LogP) is 3.87. The van der Waals surface area contributed by atoms with Gasteiger partial charge in [-0.25, -0.2) is 0 Å². The Hall–Kier alpha value is -2.72. The molecule has 4 heteroatoms. The molecule has 2 N–H and O–H groups in total. The molecule has 4 nitrogen and oxygen atoms in total. The smallest absolute Gasteiger partial charge is 0.162 e. The number of furan rings is 1. The van der Waals surface area contributed by atoms with Gasteiger partial charge in [0.2, 0.25) is 0 Å². The van der Waals surface area contributed by atoms with Crippen molar-refractivity contribution in [3.05, 3.63) is 83.8 Å². The Morgan fingerprint density at radius 1 is 1.04 bits per heavy atom. The van der Waals surface area contributed by atoms with Crippen molar-refractivity contribution in [1.82, 2.24) is 5.32 Å². The Balaban J connectivity index is 1.83. The van der Waals surface area contributed by atoms with E-state index in [9.17, 15) is 5.11 Å². The molecule has 23 heavy (non-hydrogen) atoms. The van der Waals surface area contributed by atoms with E-state index in [1.54, 1.807) is 19.4 Å². The fourth-order valence-corrected chi connectivity index (χ4v) is 2.57. The molecule has 3 aromatic rings. The van der Waals surface area contributed by atoms with Gasteiger partial charge in [-0.1, -0.05) is 42.5 Å². The normalized spacial score (nSPS) is 12.0. The SMILES string of the molecule is COc1cccc(CN[C@@H](c2ccccc2)c2ccco2)c1O. The average molecular weight is 309 g/mol. The number of methoxy groups -OCH3 is 1. The number of hydrogen-bond acceptors (Lipinski definition) is 4. The fourth-order valence-electron chi connectivity index (χ4n) is 2.57. The quantitative estimate of drug-likeness (QED) is 0.725. The molecular formula is C19H19NO3. The van der Waals surface area contributed by atoms with Crippen molar-refractivity contribution >= 4 is 0 Å². The number of benzene rings is 2. The summed E-state index contributed by atoms with van der Waals surface area (Å²) in [5.41, 5.74) is 1.88. The summed E-state index contributed by atoms with van der Waals surface area (Å²) in [6.07, 6.45) is 1.66. The van der Waals surface area contributed by atoms with Gasteiger partial charge in [0, 0.05) is 12.1 Å². The number of aromatic hydroxyl groups is 1. The highest BCUT2D eigenvalue weighted by Crippen LogP contribution is 2.30. The maximum Gasteiger partial charge on any atom is 0.162 e. The zero-order valence-corrected chi connectivity index (χ0v) is 12.9. The molecule has 0 amide bonds. The second-order valence-electron chi connectivity index (χ2n) is 5.21. The summed E-state index contributed by atoms with van der Waals surface area (Å²) in [5.74, 6) is 1.46. The Labute approximate surface area is 135 Å². The number of nitrogens with one attached hydrogen (secondary N) is 1. The Kier molecular flexibility index (Phi) is 4.64. The second kappa shape index (κ2) is 7.03. The van der Waals surface area contributed by atoms with E-state index < -0.39 is 0 Å². The van der Waals surface area contributed by atoms with Crippen LogP contribution in [0, 0.1) is 0 Å². The first kappa shape index (κ1) is 15.2. The number of rotatable bonds is 6. The van der Waals surface area contributed by atoms with Crippen LogP contribution in [0.3, 0.4) is 0 Å². The monoisotopic (exact) mass is 309 g/mol. The molecule has 2 aromatic carbocycles. The van der Waals surface area contributed by atoms with Gasteiger partial charge < -0.3 is 14.3 Å². The standard InChI is InChI=1S/C19H19NO3/c1-22-17-10-5-9-15(19(17)21)13-20-18(16-11-6-12-23-16)14-7-3-2-4-8-14/h2-12,18,20-21H,13H2,1H3/t18-/m0/s1. The molecular weight excluding hydrogens is 290 g/mol. The van der Waals surface area contributed by atoms with Crippen molar-refractivity contribution in [1.29, 1.82) is 0 Å². The van der Waals surface area contributed by atoms with E-state index in [-0.39, 0.29) is 11.8 Å². The zero-order valence-electron chi connectivity index (χ0n) is 12.9. The van der Waals surface area contributed by atoms with Crippen molar-refractivity contribution < 1.29 is 14.3 Å². The van der Waals surface area contributed by atoms with Crippen molar-refractivity contribution in [3.8, 4) is 11.5 Å². The molecule has 1 atom stereocenters. The summed E-state index contributed by atoms with van der Waals surface area (Å²) >= 11 is 0. The third kappa shape index (κ3) is 3.38. The Morgan fingerprint density at radius 2 is 1.87 bits per heavy atom. The number of para-hydroxylation sites is 1. The van der Waals surface area contributed by atoms with E-state index in [4.69, 9.17) is 9.15 Å². The molecule has 0 fully saturated rings. The van der Waals surface area contributed by atoms with Gasteiger partial charge in [0.15, 0.2) is 11.5 Å². The number of phenolic OH excluding ortho intramolecular Hbond substituents is 1. The van der Waals surface area contributed by atoms with Crippen LogP contribution in [-0.4, -0.2) is 12.2 Å². The minimum atomic E-state index is -0.0863. The Bertz CT molecular complexity index is 739. The van der Waals surface area contributed by atoms with Crippen molar-refractivity contribution in [2.75, 3.05) is 7.11 Å². The topological polar surface area (TPSA) is 54.6 Å². The van der Waals surface area contributed by atoms with Gasteiger partial charge in [0.05, 0.1) is 19.4 Å². The molecule has 0 unspecified atom stereocenters. The maximum atomic E-state index is 10.2. The van der Waals surface area contributed by atoms with Crippen LogP contribution in [-0.2, 0) is 6.54 Å². The summed E-state index contributed by atoms with van der Waals surface area (Å²) in [6.45, 7) is 0.489. The lowest BCUT2D eigenvalue weighted by Crippen LogP contribution is -2.21. The maximum absolute atomic E-state index is 10.2. The van der Waals surface area contributed by atoms with Crippen LogP contribution in [0.4, 0.5) is 0 Å². The van der Waals surface area contributed by atoms with Gasteiger partial charge in [-0.3, -0.25) is 5.32 Å². The highest BCUT2D eigenvalue weighted by atomic mass is 16.5. The molecule has 1 aromatic heterocycles. The molecule has 1 heterocycles. The van der Waals surface area contributed by atoms with Crippen LogP contribution in [0.1, 0.15) is 22.9 Å². The summed E-state index contributed by atoms with van der Waals surface area (Å²) in [5, 5.41) is 13.7. The van der Waals surface area contributed by atoms with E-state index in [0.717, 1.165) is 16.9 Å². The van der Waals surface area contributed by atoms with Crippen LogP contribution >= 0.6 is 0 Å². The summed E-state index contributed by atoms with van der Waals surface area (Å²) < 4.78 is 10.7. The molecule has 0 aliphatic rings. The molecule has 0 bridgehead atoms. The Morgan fingerprint density at radius 3 is 2.57 bits per heavy atom. The predicted molar refractivity (Wildman–Crippen MR) is 88.5 cm³/mol. The molecule has 3 rings (SSSR count). The summed E-state index contributed by atoms with van der Waals surface area (Å²) in [4.78, 5) is 0. The van der Waals surface area contributed by atoms with Crippen LogP contribution in [0.15, 0.2) is 71.3 Å². The third-order valence-electron chi connectivity index (χ3n) is 3.76. The summed E-state index contributed by atoms with van der Waals surface area (Å²) in [7, 11) is 1.54. The van der Waals surface area contributed by atoms with Crippen LogP contribution in [0.5, 0.6) is 11.5 Å². The number of phenols is 1. The fraction of sp³-hybridized carbons (Fsp3) is 0.158. The molecule has 0 spiro atoms. The molecule has 0 aliphatic heterocycles. The second-order valence-corrected chi connectivity index (χ2v) is 5.21. The highest BCUT2D eigenvalue weighted by Gasteiger charge is 2.17. The lowest BCUT2D eigenvalue weighted by molar-refractivity contribution is 0.368. The highest BCUT2D eigenvalue weighted by molar-refractivity contribution is 5.45. The minimum Gasteiger partial charge on any atom is -0.504 e. The zero-order chi connectivity index (χ0) is 16.1. The minimum absolute atomic E-state index is 0.0863. The van der Waals surface area contributed by atoms with Crippen molar-refractivity contribution in [2.24, 2.45) is 0 Å². The molecule has 0 aliphatic carbocycles. The van der Waals surface area contributed by atoms with Crippen LogP contribution in [0.25, 0.3) is 0 Å².